The van der Waals surface area contributed by atoms with E-state index in [1.165, 1.54) is 0 Å². The Morgan fingerprint density at radius 2 is 2.20 bits per heavy atom. The van der Waals surface area contributed by atoms with Crippen molar-refractivity contribution in [1.82, 2.24) is 4.90 Å². The van der Waals surface area contributed by atoms with E-state index in [9.17, 15) is 9.18 Å². The molecule has 86 valence electrons. The van der Waals surface area contributed by atoms with Crippen LogP contribution < -0.4 is 0 Å². The fourth-order valence-electron chi connectivity index (χ4n) is 1.51. The quantitative estimate of drug-likeness (QED) is 0.670. The topological polar surface area (TPSA) is 20.3 Å². The van der Waals surface area contributed by atoms with Crippen molar-refractivity contribution in [3.05, 3.63) is 12.2 Å². The molecule has 0 N–H and O–H groups in total. The van der Waals surface area contributed by atoms with Crippen molar-refractivity contribution in [1.29, 1.82) is 0 Å². The maximum Gasteiger partial charge on any atom is 0.160 e. The summed E-state index contributed by atoms with van der Waals surface area (Å²) in [6.45, 7) is 7.68. The van der Waals surface area contributed by atoms with Crippen LogP contribution in [-0.2, 0) is 4.79 Å². The molecule has 2 nitrogen and oxygen atoms in total. The highest BCUT2D eigenvalue weighted by Gasteiger charge is 2.21. The lowest BCUT2D eigenvalue weighted by atomic mass is 9.91. The molecule has 1 atom stereocenters. The monoisotopic (exact) mass is 213 g/mol. The Hall–Kier alpha value is -0.700. The minimum atomic E-state index is -0.684. The molecular weight excluding hydrogens is 193 g/mol. The average molecular weight is 213 g/mol. The number of ketones is 1. The van der Waals surface area contributed by atoms with Gasteiger partial charge in [0.2, 0.25) is 0 Å². The van der Waals surface area contributed by atoms with Crippen molar-refractivity contribution in [2.75, 3.05) is 19.6 Å². The molecule has 0 saturated carbocycles. The highest BCUT2D eigenvalue weighted by molar-refractivity contribution is 5.93. The number of halogens is 1. The number of hydrogen-bond acceptors (Lipinski definition) is 2. The van der Waals surface area contributed by atoms with Crippen LogP contribution in [0.1, 0.15) is 27.2 Å². The predicted molar refractivity (Wildman–Crippen MR) is 59.6 cm³/mol. The third-order valence-corrected chi connectivity index (χ3v) is 2.59. The summed E-state index contributed by atoms with van der Waals surface area (Å²) >= 11 is 0. The van der Waals surface area contributed by atoms with Crippen LogP contribution in [0.4, 0.5) is 4.39 Å². The Bertz CT molecular complexity index is 255. The number of nitrogens with zero attached hydrogens (tertiary/aromatic N) is 1. The Labute approximate surface area is 91.1 Å². The molecule has 0 aromatic heterocycles. The molecule has 1 unspecified atom stereocenters. The molecule has 1 aliphatic rings. The van der Waals surface area contributed by atoms with Crippen molar-refractivity contribution >= 4 is 5.78 Å². The van der Waals surface area contributed by atoms with E-state index in [-0.39, 0.29) is 11.2 Å². The number of carbonyl (C=O) groups excluding carboxylic acids is 1. The maximum atomic E-state index is 12.8. The van der Waals surface area contributed by atoms with E-state index in [4.69, 9.17) is 0 Å². The standard InChI is InChI=1S/C12H20FNO/c1-12(2,3)11(15)5-4-7-14-8-6-10(13)9-14/h4-5,10H,6-9H2,1-3H3/b5-4+. The summed E-state index contributed by atoms with van der Waals surface area (Å²) in [6.07, 6.45) is 3.40. The van der Waals surface area contributed by atoms with Gasteiger partial charge in [0.15, 0.2) is 5.78 Å². The molecule has 0 amide bonds. The van der Waals surface area contributed by atoms with Gasteiger partial charge in [-0.3, -0.25) is 9.69 Å². The lowest BCUT2D eigenvalue weighted by molar-refractivity contribution is -0.121. The lowest BCUT2D eigenvalue weighted by Crippen LogP contribution is -2.22. The van der Waals surface area contributed by atoms with Gasteiger partial charge in [0, 0.05) is 25.0 Å². The molecule has 0 radical (unpaired) electrons. The smallest absolute Gasteiger partial charge is 0.160 e. The summed E-state index contributed by atoms with van der Waals surface area (Å²) in [5.41, 5.74) is -0.315. The van der Waals surface area contributed by atoms with E-state index in [1.54, 1.807) is 6.08 Å². The normalized spacial score (nSPS) is 23.9. The number of allylic oxidation sites excluding steroid dienone is 1. The third kappa shape index (κ3) is 4.12. The number of rotatable bonds is 3. The second-order valence-corrected chi connectivity index (χ2v) is 5.16. The number of alkyl halides is 1. The zero-order valence-corrected chi connectivity index (χ0v) is 9.79. The number of hydrogen-bond donors (Lipinski definition) is 0. The van der Waals surface area contributed by atoms with Crippen molar-refractivity contribution in [2.24, 2.45) is 5.41 Å². The van der Waals surface area contributed by atoms with Crippen molar-refractivity contribution in [3.63, 3.8) is 0 Å². The van der Waals surface area contributed by atoms with Gasteiger partial charge in [-0.15, -0.1) is 0 Å². The van der Waals surface area contributed by atoms with Gasteiger partial charge < -0.3 is 0 Å². The predicted octanol–water partition coefficient (Wildman–Crippen LogP) is 2.20. The SMILES string of the molecule is CC(C)(C)C(=O)/C=C/CN1CCC(F)C1. The van der Waals surface area contributed by atoms with E-state index >= 15 is 0 Å². The highest BCUT2D eigenvalue weighted by atomic mass is 19.1. The molecule has 1 aliphatic heterocycles. The maximum absolute atomic E-state index is 12.8. The molecule has 1 heterocycles. The fraction of sp³-hybridized carbons (Fsp3) is 0.750. The van der Waals surface area contributed by atoms with Crippen LogP contribution in [0.5, 0.6) is 0 Å². The minimum absolute atomic E-state index is 0.124. The first-order chi connectivity index (χ1) is 6.89. The van der Waals surface area contributed by atoms with Gasteiger partial charge in [-0.25, -0.2) is 4.39 Å². The summed E-state index contributed by atoms with van der Waals surface area (Å²) in [5.74, 6) is 0.124. The molecule has 1 saturated heterocycles. The molecule has 15 heavy (non-hydrogen) atoms. The highest BCUT2D eigenvalue weighted by Crippen LogP contribution is 2.15. The van der Waals surface area contributed by atoms with Crippen LogP contribution >= 0.6 is 0 Å². The van der Waals surface area contributed by atoms with Gasteiger partial charge in [0.1, 0.15) is 6.17 Å². The summed E-state index contributed by atoms with van der Waals surface area (Å²) in [6, 6.07) is 0. The average Bonchev–Trinajstić information content (AvgIpc) is 2.49. The Morgan fingerprint density at radius 1 is 1.53 bits per heavy atom. The Balaban J connectivity index is 2.31. The summed E-state index contributed by atoms with van der Waals surface area (Å²) in [5, 5.41) is 0. The van der Waals surface area contributed by atoms with Gasteiger partial charge in [0.25, 0.3) is 0 Å². The van der Waals surface area contributed by atoms with Gasteiger partial charge in [-0.2, -0.15) is 0 Å². The molecule has 0 bridgehead atoms. The molecule has 0 aromatic rings. The molecule has 0 spiro atoms. The minimum Gasteiger partial charge on any atom is -0.297 e. The van der Waals surface area contributed by atoms with E-state index < -0.39 is 6.17 Å². The van der Waals surface area contributed by atoms with Crippen molar-refractivity contribution in [2.45, 2.75) is 33.4 Å². The fourth-order valence-corrected chi connectivity index (χ4v) is 1.51. The Morgan fingerprint density at radius 3 is 2.67 bits per heavy atom. The molecule has 1 fully saturated rings. The van der Waals surface area contributed by atoms with Gasteiger partial charge in [-0.1, -0.05) is 26.8 Å². The van der Waals surface area contributed by atoms with Gasteiger partial charge >= 0.3 is 0 Å². The summed E-state index contributed by atoms with van der Waals surface area (Å²) < 4.78 is 12.8. The van der Waals surface area contributed by atoms with Gasteiger partial charge in [-0.05, 0) is 12.5 Å². The van der Waals surface area contributed by atoms with Crippen molar-refractivity contribution in [3.8, 4) is 0 Å². The van der Waals surface area contributed by atoms with Gasteiger partial charge in [0.05, 0.1) is 0 Å². The zero-order chi connectivity index (χ0) is 11.5. The molecule has 3 heteroatoms. The number of carbonyl (C=O) groups is 1. The van der Waals surface area contributed by atoms with Crippen LogP contribution in [-0.4, -0.2) is 36.5 Å². The first-order valence-corrected chi connectivity index (χ1v) is 5.47. The first kappa shape index (κ1) is 12.4. The second kappa shape index (κ2) is 4.88. The van der Waals surface area contributed by atoms with Crippen LogP contribution in [0.2, 0.25) is 0 Å². The molecule has 1 rings (SSSR count). The van der Waals surface area contributed by atoms with E-state index in [1.807, 2.05) is 31.7 Å². The Kier molecular flexibility index (Phi) is 4.03. The molecule has 0 aromatic carbocycles. The lowest BCUT2D eigenvalue weighted by Gasteiger charge is -2.14. The third-order valence-electron chi connectivity index (χ3n) is 2.59. The molecular formula is C12H20FNO. The van der Waals surface area contributed by atoms with E-state index in [0.29, 0.717) is 19.5 Å². The molecule has 0 aliphatic carbocycles. The summed E-state index contributed by atoms with van der Waals surface area (Å²) in [4.78, 5) is 13.5. The second-order valence-electron chi connectivity index (χ2n) is 5.16. The summed E-state index contributed by atoms with van der Waals surface area (Å²) in [7, 11) is 0. The largest absolute Gasteiger partial charge is 0.297 e. The van der Waals surface area contributed by atoms with Crippen LogP contribution in [0, 0.1) is 5.41 Å². The van der Waals surface area contributed by atoms with Crippen molar-refractivity contribution < 1.29 is 9.18 Å². The van der Waals surface area contributed by atoms with Crippen LogP contribution in [0.3, 0.4) is 0 Å². The van der Waals surface area contributed by atoms with E-state index in [2.05, 4.69) is 0 Å². The van der Waals surface area contributed by atoms with E-state index in [0.717, 1.165) is 6.54 Å². The van der Waals surface area contributed by atoms with Crippen LogP contribution in [0.15, 0.2) is 12.2 Å². The zero-order valence-electron chi connectivity index (χ0n) is 9.79. The van der Waals surface area contributed by atoms with Crippen LogP contribution in [0.25, 0.3) is 0 Å². The number of likely N-dealkylation sites (tertiary alicyclic amines) is 1. The first-order valence-electron chi connectivity index (χ1n) is 5.47.